The molecule has 0 fully saturated rings. The van der Waals surface area contributed by atoms with Gasteiger partial charge in [-0.2, -0.15) is 0 Å². The molecule has 60 valence electrons. The van der Waals surface area contributed by atoms with Gasteiger partial charge >= 0.3 is 0 Å². The highest BCUT2D eigenvalue weighted by molar-refractivity contribution is 5.98. The van der Waals surface area contributed by atoms with E-state index >= 15 is 0 Å². The summed E-state index contributed by atoms with van der Waals surface area (Å²) in [7, 11) is 0. The number of H-pyrrole nitrogens is 1. The van der Waals surface area contributed by atoms with E-state index in [4.69, 9.17) is 0 Å². The van der Waals surface area contributed by atoms with E-state index in [2.05, 4.69) is 9.97 Å². The van der Waals surface area contributed by atoms with E-state index in [1.54, 1.807) is 12.4 Å². The zero-order chi connectivity index (χ0) is 8.55. The zero-order valence-electron chi connectivity index (χ0n) is 6.66. The van der Waals surface area contributed by atoms with Gasteiger partial charge in [-0.15, -0.1) is 0 Å². The van der Waals surface area contributed by atoms with Crippen LogP contribution in [0.15, 0.2) is 18.5 Å². The van der Waals surface area contributed by atoms with E-state index in [1.165, 1.54) is 0 Å². The predicted octanol–water partition coefficient (Wildman–Crippen LogP) is 1.68. The van der Waals surface area contributed by atoms with Crippen molar-refractivity contribution in [3.63, 3.8) is 0 Å². The number of carbonyl (C=O) groups excluding carboxylic acids is 1. The number of carbonyl (C=O) groups is 1. The molecule has 2 aromatic heterocycles. The molecular formula is C9H8N2O. The lowest BCUT2D eigenvalue weighted by Crippen LogP contribution is -1.79. The van der Waals surface area contributed by atoms with Crippen LogP contribution in [-0.2, 0) is 0 Å². The Morgan fingerprint density at radius 3 is 3.17 bits per heavy atom. The van der Waals surface area contributed by atoms with Crippen molar-refractivity contribution in [2.75, 3.05) is 0 Å². The third-order valence-electron chi connectivity index (χ3n) is 1.96. The average Bonchev–Trinajstić information content (AvgIpc) is 2.40. The molecule has 2 heterocycles. The molecule has 0 amide bonds. The summed E-state index contributed by atoms with van der Waals surface area (Å²) in [6, 6.07) is 1.84. The molecule has 0 aliphatic carbocycles. The first-order valence-electron chi connectivity index (χ1n) is 3.70. The number of aromatic nitrogens is 2. The Morgan fingerprint density at radius 1 is 1.58 bits per heavy atom. The summed E-state index contributed by atoms with van der Waals surface area (Å²) < 4.78 is 0. The minimum atomic E-state index is 0.729. The first-order chi connectivity index (χ1) is 5.83. The molecule has 1 N–H and O–H groups in total. The standard InChI is InChI=1S/C9H8N2O/c1-6-8(5-12)7-2-3-10-4-9(7)11-6/h2-5,11H,1H3. The summed E-state index contributed by atoms with van der Waals surface area (Å²) >= 11 is 0. The molecule has 0 saturated carbocycles. The Bertz CT molecular complexity index is 431. The second-order valence-corrected chi connectivity index (χ2v) is 2.70. The van der Waals surface area contributed by atoms with Crippen molar-refractivity contribution in [1.82, 2.24) is 9.97 Å². The highest BCUT2D eigenvalue weighted by Crippen LogP contribution is 2.18. The Labute approximate surface area is 69.4 Å². The lowest BCUT2D eigenvalue weighted by molar-refractivity contribution is 0.112. The van der Waals surface area contributed by atoms with Crippen LogP contribution in [0.25, 0.3) is 10.9 Å². The number of hydrogen-bond donors (Lipinski definition) is 1. The second-order valence-electron chi connectivity index (χ2n) is 2.70. The first-order valence-corrected chi connectivity index (χ1v) is 3.70. The van der Waals surface area contributed by atoms with E-state index in [-0.39, 0.29) is 0 Å². The number of aldehydes is 1. The monoisotopic (exact) mass is 160 g/mol. The summed E-state index contributed by atoms with van der Waals surface area (Å²) in [5.41, 5.74) is 2.54. The molecule has 0 saturated heterocycles. The fourth-order valence-electron chi connectivity index (χ4n) is 1.35. The number of aromatic amines is 1. The number of nitrogens with zero attached hydrogens (tertiary/aromatic N) is 1. The average molecular weight is 160 g/mol. The Morgan fingerprint density at radius 2 is 2.42 bits per heavy atom. The molecule has 0 spiro atoms. The van der Waals surface area contributed by atoms with E-state index in [1.807, 2.05) is 13.0 Å². The molecule has 0 radical (unpaired) electrons. The second kappa shape index (κ2) is 2.44. The van der Waals surface area contributed by atoms with Crippen LogP contribution in [0.5, 0.6) is 0 Å². The van der Waals surface area contributed by atoms with Crippen LogP contribution in [0.3, 0.4) is 0 Å². The number of nitrogens with one attached hydrogen (secondary N) is 1. The van der Waals surface area contributed by atoms with Crippen molar-refractivity contribution in [3.05, 3.63) is 29.7 Å². The molecule has 0 aromatic carbocycles. The van der Waals surface area contributed by atoms with Crippen LogP contribution in [0.4, 0.5) is 0 Å². The van der Waals surface area contributed by atoms with Gasteiger partial charge in [-0.1, -0.05) is 0 Å². The van der Waals surface area contributed by atoms with Crippen molar-refractivity contribution >= 4 is 17.2 Å². The van der Waals surface area contributed by atoms with E-state index in [0.29, 0.717) is 0 Å². The van der Waals surface area contributed by atoms with Gasteiger partial charge in [0, 0.05) is 22.8 Å². The van der Waals surface area contributed by atoms with Crippen LogP contribution in [0.2, 0.25) is 0 Å². The van der Waals surface area contributed by atoms with E-state index in [0.717, 1.165) is 28.4 Å². The summed E-state index contributed by atoms with van der Waals surface area (Å²) in [5.74, 6) is 0. The summed E-state index contributed by atoms with van der Waals surface area (Å²) in [6.07, 6.45) is 4.27. The van der Waals surface area contributed by atoms with E-state index in [9.17, 15) is 4.79 Å². The van der Waals surface area contributed by atoms with Crippen LogP contribution in [0, 0.1) is 6.92 Å². The quantitative estimate of drug-likeness (QED) is 0.645. The smallest absolute Gasteiger partial charge is 0.152 e. The Balaban J connectivity index is 2.90. The number of aryl methyl sites for hydroxylation is 1. The minimum absolute atomic E-state index is 0.729. The van der Waals surface area contributed by atoms with Gasteiger partial charge in [0.25, 0.3) is 0 Å². The maximum atomic E-state index is 10.7. The summed E-state index contributed by atoms with van der Waals surface area (Å²) in [4.78, 5) is 17.7. The van der Waals surface area contributed by atoms with Gasteiger partial charge in [-0.25, -0.2) is 0 Å². The Hall–Kier alpha value is -1.64. The fourth-order valence-corrected chi connectivity index (χ4v) is 1.35. The molecule has 0 atom stereocenters. The van der Waals surface area contributed by atoms with Crippen LogP contribution in [-0.4, -0.2) is 16.3 Å². The molecule has 0 aliphatic rings. The predicted molar refractivity (Wildman–Crippen MR) is 46.2 cm³/mol. The highest BCUT2D eigenvalue weighted by Gasteiger charge is 2.05. The van der Waals surface area contributed by atoms with Crippen molar-refractivity contribution < 1.29 is 4.79 Å². The number of pyridine rings is 1. The molecule has 0 bridgehead atoms. The topological polar surface area (TPSA) is 45.8 Å². The van der Waals surface area contributed by atoms with Crippen LogP contribution >= 0.6 is 0 Å². The van der Waals surface area contributed by atoms with Crippen LogP contribution in [0.1, 0.15) is 16.1 Å². The molecular weight excluding hydrogens is 152 g/mol. The van der Waals surface area contributed by atoms with Crippen molar-refractivity contribution in [2.24, 2.45) is 0 Å². The van der Waals surface area contributed by atoms with E-state index < -0.39 is 0 Å². The van der Waals surface area contributed by atoms with Gasteiger partial charge in [-0.3, -0.25) is 9.78 Å². The molecule has 0 unspecified atom stereocenters. The maximum absolute atomic E-state index is 10.7. The molecule has 12 heavy (non-hydrogen) atoms. The lowest BCUT2D eigenvalue weighted by Gasteiger charge is -1.86. The summed E-state index contributed by atoms with van der Waals surface area (Å²) in [6.45, 7) is 1.88. The minimum Gasteiger partial charge on any atom is -0.357 e. The fraction of sp³-hybridized carbons (Fsp3) is 0.111. The number of fused-ring (bicyclic) bond motifs is 1. The van der Waals surface area contributed by atoms with Crippen molar-refractivity contribution in [3.8, 4) is 0 Å². The van der Waals surface area contributed by atoms with Crippen LogP contribution < -0.4 is 0 Å². The third kappa shape index (κ3) is 0.830. The SMILES string of the molecule is Cc1[nH]c2cnccc2c1C=O. The third-order valence-corrected chi connectivity index (χ3v) is 1.96. The lowest BCUT2D eigenvalue weighted by atomic mass is 10.2. The molecule has 2 aromatic rings. The van der Waals surface area contributed by atoms with Crippen molar-refractivity contribution in [1.29, 1.82) is 0 Å². The largest absolute Gasteiger partial charge is 0.357 e. The normalized spacial score (nSPS) is 10.4. The molecule has 3 heteroatoms. The molecule has 3 nitrogen and oxygen atoms in total. The van der Waals surface area contributed by atoms with Gasteiger partial charge in [0.15, 0.2) is 6.29 Å². The molecule has 2 rings (SSSR count). The number of hydrogen-bond acceptors (Lipinski definition) is 2. The zero-order valence-corrected chi connectivity index (χ0v) is 6.66. The summed E-state index contributed by atoms with van der Waals surface area (Å²) in [5, 5.41) is 0.942. The van der Waals surface area contributed by atoms with Gasteiger partial charge in [0.05, 0.1) is 11.7 Å². The van der Waals surface area contributed by atoms with Crippen molar-refractivity contribution in [2.45, 2.75) is 6.92 Å². The Kier molecular flexibility index (Phi) is 1.43. The van der Waals surface area contributed by atoms with Gasteiger partial charge in [-0.05, 0) is 13.0 Å². The number of rotatable bonds is 1. The molecule has 0 aliphatic heterocycles. The first kappa shape index (κ1) is 7.03. The van der Waals surface area contributed by atoms with Gasteiger partial charge in [0.2, 0.25) is 0 Å². The highest BCUT2D eigenvalue weighted by atomic mass is 16.1. The maximum Gasteiger partial charge on any atom is 0.152 e. The van der Waals surface area contributed by atoms with Gasteiger partial charge in [0.1, 0.15) is 0 Å². The van der Waals surface area contributed by atoms with Gasteiger partial charge < -0.3 is 4.98 Å².